The molecule has 0 spiro atoms. The molecule has 0 saturated carbocycles. The van der Waals surface area contributed by atoms with E-state index in [1.165, 1.54) is 68.8 Å². The number of hydrogen-bond acceptors (Lipinski definition) is 0. The standard InChI is InChI=1S/C48H48P4/c1-8-22-42(23-9-1)49(43-24-10-2-11-25-43)36-39-52(48-34-20-7-21-35-48,40-37-50(44-26-12-3-13-27-44)45-28-14-4-15-29-45)41-38-51(46-30-16-5-17-31-46)47-32-18-6-19-33-47/h1-35,52H,36-41H2. The van der Waals surface area contributed by atoms with E-state index in [9.17, 15) is 0 Å². The third-order valence-corrected chi connectivity index (χ3v) is 24.2. The molecule has 260 valence electrons. The van der Waals surface area contributed by atoms with Crippen LogP contribution in [-0.2, 0) is 0 Å². The molecule has 7 rings (SSSR count). The molecular formula is C48H48P4. The summed E-state index contributed by atoms with van der Waals surface area (Å²) in [5, 5.41) is 10.6. The summed E-state index contributed by atoms with van der Waals surface area (Å²) in [5.74, 6) is 0. The first-order chi connectivity index (χ1) is 25.8. The molecular weight excluding hydrogens is 700 g/mol. The molecule has 0 aliphatic rings. The van der Waals surface area contributed by atoms with Crippen molar-refractivity contribution in [3.63, 3.8) is 0 Å². The van der Waals surface area contributed by atoms with Crippen LogP contribution in [0.15, 0.2) is 212 Å². The van der Waals surface area contributed by atoms with Crippen LogP contribution >= 0.6 is 31.0 Å². The molecule has 4 heteroatoms. The van der Waals surface area contributed by atoms with Crippen LogP contribution in [0.4, 0.5) is 0 Å². The van der Waals surface area contributed by atoms with Gasteiger partial charge in [-0.25, -0.2) is 0 Å². The van der Waals surface area contributed by atoms with E-state index in [1.54, 1.807) is 5.30 Å². The second kappa shape index (κ2) is 18.8. The zero-order chi connectivity index (χ0) is 35.3. The van der Waals surface area contributed by atoms with Gasteiger partial charge in [0.1, 0.15) is 0 Å². The Morgan fingerprint density at radius 2 is 0.442 bits per heavy atom. The molecule has 0 radical (unpaired) electrons. The van der Waals surface area contributed by atoms with Crippen LogP contribution in [0.25, 0.3) is 0 Å². The molecule has 0 atom stereocenters. The van der Waals surface area contributed by atoms with Crippen LogP contribution in [0.2, 0.25) is 0 Å². The van der Waals surface area contributed by atoms with Crippen molar-refractivity contribution in [3.05, 3.63) is 212 Å². The first-order valence-corrected chi connectivity index (χ1v) is 25.7. The Kier molecular flexibility index (Phi) is 13.3. The first-order valence-electron chi connectivity index (χ1n) is 18.5. The molecule has 52 heavy (non-hydrogen) atoms. The van der Waals surface area contributed by atoms with Gasteiger partial charge in [0.2, 0.25) is 0 Å². The summed E-state index contributed by atoms with van der Waals surface area (Å²) in [6.07, 6.45) is 7.50. The van der Waals surface area contributed by atoms with Crippen molar-refractivity contribution >= 4 is 68.2 Å². The minimum atomic E-state index is -2.11. The number of hydrogen-bond donors (Lipinski definition) is 0. The summed E-state index contributed by atoms with van der Waals surface area (Å²) in [6.45, 7) is 0. The van der Waals surface area contributed by atoms with E-state index in [2.05, 4.69) is 212 Å². The van der Waals surface area contributed by atoms with Crippen LogP contribution in [-0.4, -0.2) is 37.0 Å². The predicted octanol–water partition coefficient (Wildman–Crippen LogP) is 9.46. The molecule has 0 N–H and O–H groups in total. The van der Waals surface area contributed by atoms with E-state index in [0.717, 1.165) is 0 Å². The van der Waals surface area contributed by atoms with Gasteiger partial charge in [0.25, 0.3) is 0 Å². The van der Waals surface area contributed by atoms with Gasteiger partial charge in [-0.1, -0.05) is 0 Å². The predicted molar refractivity (Wildman–Crippen MR) is 241 cm³/mol. The summed E-state index contributed by atoms with van der Waals surface area (Å²) in [4.78, 5) is 0. The normalized spacial score (nSPS) is 12.0. The number of rotatable bonds is 16. The van der Waals surface area contributed by atoms with Gasteiger partial charge in [0.05, 0.1) is 0 Å². The van der Waals surface area contributed by atoms with E-state index in [0.29, 0.717) is 0 Å². The number of benzene rings is 7. The van der Waals surface area contributed by atoms with Crippen LogP contribution in [0.3, 0.4) is 0 Å². The van der Waals surface area contributed by atoms with E-state index in [-0.39, 0.29) is 0 Å². The van der Waals surface area contributed by atoms with Crippen molar-refractivity contribution in [1.29, 1.82) is 0 Å². The maximum atomic E-state index is 2.50. The third kappa shape index (κ3) is 9.43. The topological polar surface area (TPSA) is 0 Å². The second-order valence-corrected chi connectivity index (χ2v) is 25.0. The van der Waals surface area contributed by atoms with Gasteiger partial charge in [0, 0.05) is 0 Å². The molecule has 0 amide bonds. The Bertz CT molecular complexity index is 1700. The van der Waals surface area contributed by atoms with Gasteiger partial charge in [0.15, 0.2) is 0 Å². The minimum absolute atomic E-state index is 0.488. The fourth-order valence-corrected chi connectivity index (χ4v) is 23.4. The molecule has 0 aromatic heterocycles. The second-order valence-electron chi connectivity index (χ2n) is 13.4. The van der Waals surface area contributed by atoms with E-state index in [4.69, 9.17) is 0 Å². The Morgan fingerprint density at radius 1 is 0.250 bits per heavy atom. The summed E-state index contributed by atoms with van der Waals surface area (Å²) in [7, 11) is -3.57. The third-order valence-electron chi connectivity index (χ3n) is 10.2. The molecule has 7 aromatic carbocycles. The quantitative estimate of drug-likeness (QED) is 0.0865. The first kappa shape index (κ1) is 36.6. The molecule has 0 aliphatic carbocycles. The summed E-state index contributed by atoms with van der Waals surface area (Å²) >= 11 is 0. The average molecular weight is 749 g/mol. The van der Waals surface area contributed by atoms with Crippen LogP contribution in [0.1, 0.15) is 0 Å². The maximum absolute atomic E-state index is 2.50. The molecule has 0 heterocycles. The zero-order valence-corrected chi connectivity index (χ0v) is 33.5. The monoisotopic (exact) mass is 748 g/mol. The van der Waals surface area contributed by atoms with Crippen molar-refractivity contribution in [3.8, 4) is 0 Å². The molecule has 0 bridgehead atoms. The molecule has 0 saturated heterocycles. The Morgan fingerprint density at radius 3 is 0.654 bits per heavy atom. The molecule has 0 aliphatic heterocycles. The van der Waals surface area contributed by atoms with Crippen molar-refractivity contribution in [2.45, 2.75) is 0 Å². The van der Waals surface area contributed by atoms with E-state index in [1.807, 2.05) is 0 Å². The van der Waals surface area contributed by atoms with Crippen LogP contribution < -0.4 is 37.1 Å². The molecule has 0 unspecified atom stereocenters. The van der Waals surface area contributed by atoms with Crippen LogP contribution in [0, 0.1) is 0 Å². The van der Waals surface area contributed by atoms with Crippen LogP contribution in [0.5, 0.6) is 0 Å². The molecule has 0 fully saturated rings. The van der Waals surface area contributed by atoms with E-state index < -0.39 is 31.0 Å². The fraction of sp³-hybridized carbons (Fsp3) is 0.125. The summed E-state index contributed by atoms with van der Waals surface area (Å²) in [6, 6.07) is 80.1. The van der Waals surface area contributed by atoms with Gasteiger partial charge >= 0.3 is 317 Å². The van der Waals surface area contributed by atoms with Gasteiger partial charge in [-0.3, -0.25) is 0 Å². The molecule has 7 aromatic rings. The fourth-order valence-electron chi connectivity index (χ4n) is 7.45. The van der Waals surface area contributed by atoms with Gasteiger partial charge in [-0.15, -0.1) is 0 Å². The van der Waals surface area contributed by atoms with Crippen molar-refractivity contribution in [2.24, 2.45) is 0 Å². The Hall–Kier alpha value is -3.74. The van der Waals surface area contributed by atoms with Gasteiger partial charge in [-0.05, 0) is 0 Å². The Balaban J connectivity index is 1.31. The van der Waals surface area contributed by atoms with E-state index >= 15 is 0 Å². The van der Waals surface area contributed by atoms with Gasteiger partial charge < -0.3 is 0 Å². The van der Waals surface area contributed by atoms with Gasteiger partial charge in [-0.2, -0.15) is 0 Å². The SMILES string of the molecule is c1ccc(P(CC[PH](CCP(c2ccccc2)c2ccccc2)(CCP(c2ccccc2)c2ccccc2)c2ccccc2)c2ccccc2)cc1. The average Bonchev–Trinajstić information content (AvgIpc) is 3.23. The zero-order valence-electron chi connectivity index (χ0n) is 29.8. The van der Waals surface area contributed by atoms with Crippen molar-refractivity contribution < 1.29 is 0 Å². The van der Waals surface area contributed by atoms with Crippen molar-refractivity contribution in [2.75, 3.05) is 37.0 Å². The Labute approximate surface area is 316 Å². The summed E-state index contributed by atoms with van der Waals surface area (Å²) in [5.41, 5.74) is 0. The summed E-state index contributed by atoms with van der Waals surface area (Å²) < 4.78 is 0. The van der Waals surface area contributed by atoms with Crippen molar-refractivity contribution in [1.82, 2.24) is 0 Å². The molecule has 0 nitrogen and oxygen atoms in total.